The van der Waals surface area contributed by atoms with Crippen LogP contribution in [0.15, 0.2) is 48.5 Å². The van der Waals surface area contributed by atoms with E-state index in [1.165, 1.54) is 11.8 Å². The van der Waals surface area contributed by atoms with Crippen molar-refractivity contribution in [1.82, 2.24) is 9.78 Å². The lowest BCUT2D eigenvalue weighted by Gasteiger charge is -2.25. The second kappa shape index (κ2) is 9.77. The first-order valence-electron chi connectivity index (χ1n) is 10.5. The molecule has 0 spiro atoms. The van der Waals surface area contributed by atoms with Crippen LogP contribution in [0.3, 0.4) is 0 Å². The summed E-state index contributed by atoms with van der Waals surface area (Å²) >= 11 is 0. The number of nitrogens with one attached hydrogen (secondary N) is 1. The molecule has 0 atom stereocenters. The Hall–Kier alpha value is -3.81. The average Bonchev–Trinajstić information content (AvgIpc) is 3.15. The molecular weight excluding hydrogens is 422 g/mol. The van der Waals surface area contributed by atoms with Crippen molar-refractivity contribution in [2.24, 2.45) is 7.05 Å². The third-order valence-corrected chi connectivity index (χ3v) is 5.35. The number of aryl methyl sites for hydroxylation is 2. The molecule has 8 heteroatoms. The standard InChI is InChI=1S/C25H29N3O5/c1-16-13-20(28(4)27-16)24(30)33-15-25(2,3)18-8-10-19(11-9-18)26-23(29)17-7-12-21(31-5)22(14-17)32-6/h7-14H,15H2,1-6H3,(H,26,29). The molecule has 3 aromatic rings. The number of carbonyl (C=O) groups is 2. The second-order valence-electron chi connectivity index (χ2n) is 8.36. The van der Waals surface area contributed by atoms with Crippen LogP contribution in [-0.4, -0.2) is 42.5 Å². The van der Waals surface area contributed by atoms with E-state index in [-0.39, 0.29) is 12.5 Å². The van der Waals surface area contributed by atoms with Gasteiger partial charge in [-0.25, -0.2) is 4.79 Å². The van der Waals surface area contributed by atoms with Gasteiger partial charge in [-0.15, -0.1) is 0 Å². The molecule has 0 aliphatic heterocycles. The predicted octanol–water partition coefficient (Wildman–Crippen LogP) is 4.13. The minimum Gasteiger partial charge on any atom is -0.493 e. The summed E-state index contributed by atoms with van der Waals surface area (Å²) in [7, 11) is 4.78. The number of anilines is 1. The summed E-state index contributed by atoms with van der Waals surface area (Å²) in [6.45, 7) is 6.01. The number of hydrogen-bond donors (Lipinski definition) is 1. The Balaban J connectivity index is 1.64. The smallest absolute Gasteiger partial charge is 0.356 e. The van der Waals surface area contributed by atoms with Crippen LogP contribution < -0.4 is 14.8 Å². The lowest BCUT2D eigenvalue weighted by molar-refractivity contribution is 0.0414. The molecule has 1 heterocycles. The third-order valence-electron chi connectivity index (χ3n) is 5.35. The van der Waals surface area contributed by atoms with E-state index in [0.29, 0.717) is 28.4 Å². The van der Waals surface area contributed by atoms with Gasteiger partial charge in [0, 0.05) is 23.7 Å². The van der Waals surface area contributed by atoms with Gasteiger partial charge in [-0.05, 0) is 48.9 Å². The summed E-state index contributed by atoms with van der Waals surface area (Å²) < 4.78 is 17.5. The summed E-state index contributed by atoms with van der Waals surface area (Å²) in [5.41, 5.74) is 2.83. The van der Waals surface area contributed by atoms with Gasteiger partial charge in [-0.2, -0.15) is 5.10 Å². The topological polar surface area (TPSA) is 91.7 Å². The number of esters is 1. The predicted molar refractivity (Wildman–Crippen MR) is 125 cm³/mol. The van der Waals surface area contributed by atoms with Crippen LogP contribution in [0.25, 0.3) is 0 Å². The SMILES string of the molecule is COc1ccc(C(=O)Nc2ccc(C(C)(C)COC(=O)c3cc(C)nn3C)cc2)cc1OC. The highest BCUT2D eigenvalue weighted by Crippen LogP contribution is 2.29. The number of aromatic nitrogens is 2. The van der Waals surface area contributed by atoms with E-state index in [9.17, 15) is 9.59 Å². The van der Waals surface area contributed by atoms with E-state index in [4.69, 9.17) is 14.2 Å². The zero-order chi connectivity index (χ0) is 24.2. The van der Waals surface area contributed by atoms with Crippen molar-refractivity contribution in [3.8, 4) is 11.5 Å². The minimum absolute atomic E-state index is 0.202. The van der Waals surface area contributed by atoms with Crippen LogP contribution in [0.5, 0.6) is 11.5 Å². The Bertz CT molecular complexity index is 1150. The molecule has 1 N–H and O–H groups in total. The molecule has 0 saturated carbocycles. The maximum atomic E-state index is 12.6. The van der Waals surface area contributed by atoms with Crippen LogP contribution in [0.1, 0.15) is 46.0 Å². The summed E-state index contributed by atoms with van der Waals surface area (Å²) in [6, 6.07) is 14.2. The second-order valence-corrected chi connectivity index (χ2v) is 8.36. The van der Waals surface area contributed by atoms with E-state index in [1.807, 2.05) is 45.0 Å². The number of benzene rings is 2. The quantitative estimate of drug-likeness (QED) is 0.518. The number of nitrogens with zero attached hydrogens (tertiary/aromatic N) is 2. The molecular formula is C25H29N3O5. The Morgan fingerprint density at radius 1 is 1.00 bits per heavy atom. The summed E-state index contributed by atoms with van der Waals surface area (Å²) in [6.07, 6.45) is 0. The molecule has 2 aromatic carbocycles. The minimum atomic E-state index is -0.421. The molecule has 0 bridgehead atoms. The number of hydrogen-bond acceptors (Lipinski definition) is 6. The van der Waals surface area contributed by atoms with Crippen molar-refractivity contribution in [3.05, 3.63) is 71.0 Å². The molecule has 8 nitrogen and oxygen atoms in total. The fourth-order valence-electron chi connectivity index (χ4n) is 3.39. The fraction of sp³-hybridized carbons (Fsp3) is 0.320. The van der Waals surface area contributed by atoms with E-state index in [1.54, 1.807) is 38.4 Å². The molecule has 33 heavy (non-hydrogen) atoms. The van der Waals surface area contributed by atoms with Gasteiger partial charge in [0.1, 0.15) is 12.3 Å². The first-order chi connectivity index (χ1) is 15.6. The van der Waals surface area contributed by atoms with E-state index in [2.05, 4.69) is 10.4 Å². The van der Waals surface area contributed by atoms with Crippen molar-refractivity contribution in [2.45, 2.75) is 26.2 Å². The molecule has 0 aliphatic carbocycles. The highest BCUT2D eigenvalue weighted by atomic mass is 16.5. The molecule has 3 rings (SSSR count). The Labute approximate surface area is 193 Å². The number of rotatable bonds is 8. The molecule has 1 amide bonds. The van der Waals surface area contributed by atoms with Gasteiger partial charge >= 0.3 is 5.97 Å². The summed E-state index contributed by atoms with van der Waals surface area (Å²) in [5.74, 6) is 0.367. The van der Waals surface area contributed by atoms with Gasteiger partial charge < -0.3 is 19.5 Å². The Morgan fingerprint density at radius 3 is 2.24 bits per heavy atom. The monoisotopic (exact) mass is 451 g/mol. The fourth-order valence-corrected chi connectivity index (χ4v) is 3.39. The Kier molecular flexibility index (Phi) is 7.06. The van der Waals surface area contributed by atoms with Crippen LogP contribution in [0.2, 0.25) is 0 Å². The number of amides is 1. The largest absolute Gasteiger partial charge is 0.493 e. The van der Waals surface area contributed by atoms with Gasteiger partial charge in [0.2, 0.25) is 0 Å². The van der Waals surface area contributed by atoms with Crippen LogP contribution >= 0.6 is 0 Å². The first kappa shape index (κ1) is 23.8. The van der Waals surface area contributed by atoms with Crippen LogP contribution in [0.4, 0.5) is 5.69 Å². The zero-order valence-corrected chi connectivity index (χ0v) is 19.8. The van der Waals surface area contributed by atoms with Crippen molar-refractivity contribution in [1.29, 1.82) is 0 Å². The first-order valence-corrected chi connectivity index (χ1v) is 10.5. The van der Waals surface area contributed by atoms with E-state index >= 15 is 0 Å². The molecule has 174 valence electrons. The average molecular weight is 452 g/mol. The van der Waals surface area contributed by atoms with E-state index in [0.717, 1.165) is 11.3 Å². The maximum absolute atomic E-state index is 12.6. The van der Waals surface area contributed by atoms with Crippen molar-refractivity contribution in [3.63, 3.8) is 0 Å². The van der Waals surface area contributed by atoms with E-state index < -0.39 is 11.4 Å². The highest BCUT2D eigenvalue weighted by molar-refractivity contribution is 6.04. The van der Waals surface area contributed by atoms with Gasteiger partial charge in [0.15, 0.2) is 11.5 Å². The maximum Gasteiger partial charge on any atom is 0.356 e. The lowest BCUT2D eigenvalue weighted by atomic mass is 9.85. The molecule has 0 radical (unpaired) electrons. The number of methoxy groups -OCH3 is 2. The third kappa shape index (κ3) is 5.52. The Morgan fingerprint density at radius 2 is 1.67 bits per heavy atom. The molecule has 1 aromatic heterocycles. The lowest BCUT2D eigenvalue weighted by Crippen LogP contribution is -2.27. The zero-order valence-electron chi connectivity index (χ0n) is 19.8. The summed E-state index contributed by atoms with van der Waals surface area (Å²) in [4.78, 5) is 25.0. The van der Waals surface area contributed by atoms with Gasteiger partial charge in [0.25, 0.3) is 5.91 Å². The van der Waals surface area contributed by atoms with Crippen molar-refractivity contribution in [2.75, 3.05) is 26.1 Å². The number of carbonyl (C=O) groups excluding carboxylic acids is 2. The van der Waals surface area contributed by atoms with Gasteiger partial charge in [-0.1, -0.05) is 26.0 Å². The van der Waals surface area contributed by atoms with Crippen LogP contribution in [0, 0.1) is 6.92 Å². The highest BCUT2D eigenvalue weighted by Gasteiger charge is 2.24. The number of ether oxygens (including phenoxy) is 3. The molecule has 0 fully saturated rings. The van der Waals surface area contributed by atoms with Crippen molar-refractivity contribution < 1.29 is 23.8 Å². The van der Waals surface area contributed by atoms with Crippen molar-refractivity contribution >= 4 is 17.6 Å². The van der Waals surface area contributed by atoms with Crippen LogP contribution in [-0.2, 0) is 17.2 Å². The van der Waals surface area contributed by atoms with Gasteiger partial charge in [-0.3, -0.25) is 9.48 Å². The van der Waals surface area contributed by atoms with Gasteiger partial charge in [0.05, 0.1) is 19.9 Å². The normalized spacial score (nSPS) is 11.1. The molecule has 0 saturated heterocycles. The molecule has 0 aliphatic rings. The summed E-state index contributed by atoms with van der Waals surface area (Å²) in [5, 5.41) is 7.05. The molecule has 0 unspecified atom stereocenters.